The third-order valence-corrected chi connectivity index (χ3v) is 7.87. The average Bonchev–Trinajstić information content (AvgIpc) is 2.94. The molecule has 40 heavy (non-hydrogen) atoms. The summed E-state index contributed by atoms with van der Waals surface area (Å²) in [5.74, 6) is -3.54. The Labute approximate surface area is 226 Å². The topological polar surface area (TPSA) is 116 Å². The van der Waals surface area contributed by atoms with Gasteiger partial charge in [-0.05, 0) is 41.5 Å². The first kappa shape index (κ1) is 27.1. The fourth-order valence-corrected chi connectivity index (χ4v) is 5.67. The van der Waals surface area contributed by atoms with Crippen molar-refractivity contribution in [3.05, 3.63) is 93.8 Å². The Bertz CT molecular complexity index is 1770. The zero-order valence-electron chi connectivity index (χ0n) is 21.2. The summed E-state index contributed by atoms with van der Waals surface area (Å²) in [7, 11) is -1.52. The zero-order valence-corrected chi connectivity index (χ0v) is 22.0. The fraction of sp³-hybridized carbons (Fsp3) is 0.192. The van der Waals surface area contributed by atoms with Crippen molar-refractivity contribution in [3.8, 4) is 28.3 Å². The number of hydrogen-bond donors (Lipinski definition) is 1. The average molecular weight is 574 g/mol. The molecule has 0 radical (unpaired) electrons. The van der Waals surface area contributed by atoms with E-state index in [9.17, 15) is 22.0 Å². The standard InChI is InChI=1S/C26H22F3N5O5S/c1-38-22-12-17(16-10-19(28)26(29)23(11-16)39-2)18(27)13-21(22)34-20-7-9-33(14-15(20)5-6-25(34)35)40(36,37)32-24-4-3-8-30-31-24/h3-6,8,10-13H,7,9,14H2,1-2H3,(H,31,32). The Kier molecular flexibility index (Phi) is 7.21. The summed E-state index contributed by atoms with van der Waals surface area (Å²) in [6, 6.07) is 10.1. The van der Waals surface area contributed by atoms with Gasteiger partial charge in [-0.1, -0.05) is 6.07 Å². The van der Waals surface area contributed by atoms with Crippen LogP contribution >= 0.6 is 0 Å². The summed E-state index contributed by atoms with van der Waals surface area (Å²) in [4.78, 5) is 13.0. The molecule has 0 aliphatic carbocycles. The van der Waals surface area contributed by atoms with Gasteiger partial charge in [-0.25, -0.2) is 8.78 Å². The number of benzene rings is 2. The summed E-state index contributed by atoms with van der Waals surface area (Å²) in [6.45, 7) is -0.0493. The molecule has 2 aromatic carbocycles. The van der Waals surface area contributed by atoms with E-state index < -0.39 is 39.0 Å². The molecule has 0 saturated carbocycles. The van der Waals surface area contributed by atoms with Crippen LogP contribution in [0.2, 0.25) is 0 Å². The van der Waals surface area contributed by atoms with Crippen LogP contribution in [-0.4, -0.2) is 48.3 Å². The molecular formula is C26H22F3N5O5S. The highest BCUT2D eigenvalue weighted by atomic mass is 32.2. The highest BCUT2D eigenvalue weighted by Gasteiger charge is 2.30. The number of nitrogens with one attached hydrogen (secondary N) is 1. The van der Waals surface area contributed by atoms with Gasteiger partial charge in [-0.3, -0.25) is 14.1 Å². The molecule has 0 bridgehead atoms. The number of ether oxygens (including phenoxy) is 2. The van der Waals surface area contributed by atoms with Crippen LogP contribution in [0.25, 0.3) is 16.8 Å². The fourth-order valence-electron chi connectivity index (χ4n) is 4.53. The quantitative estimate of drug-likeness (QED) is 0.360. The number of anilines is 1. The lowest BCUT2D eigenvalue weighted by Gasteiger charge is -2.30. The van der Waals surface area contributed by atoms with Gasteiger partial charge in [0.2, 0.25) is 5.82 Å². The summed E-state index contributed by atoms with van der Waals surface area (Å²) < 4.78 is 84.5. The number of nitrogens with zero attached hydrogens (tertiary/aromatic N) is 4. The Morgan fingerprint density at radius 1 is 0.975 bits per heavy atom. The maximum atomic E-state index is 15.5. The number of methoxy groups -OCH3 is 2. The Morgan fingerprint density at radius 2 is 1.75 bits per heavy atom. The van der Waals surface area contributed by atoms with Gasteiger partial charge < -0.3 is 9.47 Å². The van der Waals surface area contributed by atoms with Crippen LogP contribution in [0, 0.1) is 17.5 Å². The van der Waals surface area contributed by atoms with Crippen molar-refractivity contribution in [2.24, 2.45) is 0 Å². The second-order valence-electron chi connectivity index (χ2n) is 8.76. The molecule has 1 N–H and O–H groups in total. The number of fused-ring (bicyclic) bond motifs is 1. The molecule has 2 aromatic heterocycles. The summed E-state index contributed by atoms with van der Waals surface area (Å²) in [5.41, 5.74) is 0.451. The van der Waals surface area contributed by atoms with Crippen molar-refractivity contribution in [1.29, 1.82) is 0 Å². The van der Waals surface area contributed by atoms with Gasteiger partial charge in [0, 0.05) is 49.1 Å². The van der Waals surface area contributed by atoms with E-state index in [0.717, 1.165) is 25.3 Å². The molecule has 14 heteroatoms. The number of hydrogen-bond acceptors (Lipinski definition) is 7. The molecule has 0 fully saturated rings. The first-order chi connectivity index (χ1) is 19.1. The van der Waals surface area contributed by atoms with E-state index in [1.54, 1.807) is 0 Å². The van der Waals surface area contributed by atoms with E-state index in [1.165, 1.54) is 52.5 Å². The van der Waals surface area contributed by atoms with E-state index in [1.807, 2.05) is 0 Å². The van der Waals surface area contributed by atoms with Gasteiger partial charge in [0.1, 0.15) is 11.6 Å². The van der Waals surface area contributed by atoms with Gasteiger partial charge in [0.05, 0.1) is 19.9 Å². The zero-order chi connectivity index (χ0) is 28.6. The number of rotatable bonds is 7. The first-order valence-electron chi connectivity index (χ1n) is 11.8. The minimum Gasteiger partial charge on any atom is -0.495 e. The predicted molar refractivity (Wildman–Crippen MR) is 139 cm³/mol. The predicted octanol–water partition coefficient (Wildman–Crippen LogP) is 3.44. The molecule has 1 aliphatic rings. The monoisotopic (exact) mass is 573 g/mol. The van der Waals surface area contributed by atoms with E-state index in [0.29, 0.717) is 11.3 Å². The van der Waals surface area contributed by atoms with Gasteiger partial charge in [-0.2, -0.15) is 22.2 Å². The lowest BCUT2D eigenvalue weighted by Crippen LogP contribution is -2.41. The Morgan fingerprint density at radius 3 is 2.45 bits per heavy atom. The molecule has 0 unspecified atom stereocenters. The smallest absolute Gasteiger partial charge is 0.303 e. The molecule has 0 spiro atoms. The molecule has 0 saturated heterocycles. The van der Waals surface area contributed by atoms with Crippen molar-refractivity contribution < 1.29 is 31.1 Å². The SMILES string of the molecule is COc1cc(-c2cc(F)c(F)c(OC)c2)c(F)cc1-n1c2c(ccc1=O)CN(S(=O)(=O)Nc1cccnn1)CC2. The summed E-state index contributed by atoms with van der Waals surface area (Å²) >= 11 is 0. The lowest BCUT2D eigenvalue weighted by molar-refractivity contribution is 0.372. The second-order valence-corrected chi connectivity index (χ2v) is 10.4. The van der Waals surface area contributed by atoms with Gasteiger partial charge >= 0.3 is 10.2 Å². The van der Waals surface area contributed by atoms with Gasteiger partial charge in [0.25, 0.3) is 5.56 Å². The molecule has 5 rings (SSSR count). The van der Waals surface area contributed by atoms with Crippen LogP contribution in [0.15, 0.2) is 59.5 Å². The largest absolute Gasteiger partial charge is 0.495 e. The van der Waals surface area contributed by atoms with Crippen molar-refractivity contribution in [1.82, 2.24) is 19.1 Å². The number of aromatic nitrogens is 3. The van der Waals surface area contributed by atoms with Crippen LogP contribution in [0.1, 0.15) is 11.3 Å². The third kappa shape index (κ3) is 4.98. The third-order valence-electron chi connectivity index (χ3n) is 6.41. The maximum absolute atomic E-state index is 15.5. The Hall–Kier alpha value is -4.43. The van der Waals surface area contributed by atoms with Gasteiger partial charge in [-0.15, -0.1) is 5.10 Å². The highest BCUT2D eigenvalue weighted by molar-refractivity contribution is 7.90. The molecule has 1 aliphatic heterocycles. The minimum atomic E-state index is -3.99. The maximum Gasteiger partial charge on any atom is 0.303 e. The van der Waals surface area contributed by atoms with Crippen LogP contribution in [0.5, 0.6) is 11.5 Å². The van der Waals surface area contributed by atoms with E-state index in [4.69, 9.17) is 9.47 Å². The number of pyridine rings is 1. The summed E-state index contributed by atoms with van der Waals surface area (Å²) in [5, 5.41) is 7.39. The van der Waals surface area contributed by atoms with Crippen LogP contribution in [0.3, 0.4) is 0 Å². The molecule has 10 nitrogen and oxygen atoms in total. The van der Waals surface area contributed by atoms with E-state index >= 15 is 4.39 Å². The molecule has 0 atom stereocenters. The molecule has 4 aromatic rings. The minimum absolute atomic E-state index is 0.00279. The first-order valence-corrected chi connectivity index (χ1v) is 13.3. The molecule has 0 amide bonds. The second kappa shape index (κ2) is 10.6. The van der Waals surface area contributed by atoms with Crippen LogP contribution < -0.4 is 19.8 Å². The Balaban J connectivity index is 1.54. The molecule has 3 heterocycles. The number of halogens is 3. The highest BCUT2D eigenvalue weighted by Crippen LogP contribution is 2.36. The molecular weight excluding hydrogens is 551 g/mol. The van der Waals surface area contributed by atoms with Crippen molar-refractivity contribution in [3.63, 3.8) is 0 Å². The lowest BCUT2D eigenvalue weighted by atomic mass is 10.0. The van der Waals surface area contributed by atoms with E-state index in [2.05, 4.69) is 14.9 Å². The molecule has 208 valence electrons. The van der Waals surface area contributed by atoms with Crippen LogP contribution in [0.4, 0.5) is 19.0 Å². The van der Waals surface area contributed by atoms with Crippen LogP contribution in [-0.2, 0) is 23.2 Å². The summed E-state index contributed by atoms with van der Waals surface area (Å²) in [6.07, 6.45) is 1.53. The van der Waals surface area contributed by atoms with Crippen molar-refractivity contribution >= 4 is 16.0 Å². The van der Waals surface area contributed by atoms with Gasteiger partial charge in [0.15, 0.2) is 17.4 Å². The normalized spacial score (nSPS) is 13.5. The van der Waals surface area contributed by atoms with Crippen molar-refractivity contribution in [2.75, 3.05) is 25.5 Å². The van der Waals surface area contributed by atoms with E-state index in [-0.39, 0.29) is 47.9 Å². The van der Waals surface area contributed by atoms with Crippen molar-refractivity contribution in [2.45, 2.75) is 13.0 Å².